The fraction of sp³-hybridized carbons (Fsp3) is 0.765. The van der Waals surface area contributed by atoms with Gasteiger partial charge >= 0.3 is 11.9 Å². The lowest BCUT2D eigenvalue weighted by molar-refractivity contribution is -0.136. The van der Waals surface area contributed by atoms with Gasteiger partial charge in [0.1, 0.15) is 13.1 Å². The predicted molar refractivity (Wildman–Crippen MR) is 177 cm³/mol. The third-order valence-electron chi connectivity index (χ3n) is 7.36. The van der Waals surface area contributed by atoms with Crippen LogP contribution in [-0.4, -0.2) is 60.1 Å². The SMILES string of the molecule is CCCCCCCCCCCCNC(=O)C=C(NCC(=O)O)C(=CC(=O)NCCCCCCCCCCCC)NCC(=O)O. The minimum Gasteiger partial charge on any atom is -0.480 e. The van der Waals surface area contributed by atoms with Gasteiger partial charge in [-0.25, -0.2) is 0 Å². The van der Waals surface area contributed by atoms with Crippen molar-refractivity contribution in [2.45, 2.75) is 142 Å². The summed E-state index contributed by atoms with van der Waals surface area (Å²) in [6, 6.07) is 0. The molecule has 0 radical (unpaired) electrons. The molecule has 6 N–H and O–H groups in total. The lowest BCUT2D eigenvalue weighted by Crippen LogP contribution is -2.33. The normalized spacial score (nSPS) is 11.7. The van der Waals surface area contributed by atoms with E-state index in [0.29, 0.717) is 13.1 Å². The van der Waals surface area contributed by atoms with Gasteiger partial charge in [-0.05, 0) is 12.8 Å². The third-order valence-corrected chi connectivity index (χ3v) is 7.36. The Morgan fingerprint density at radius 1 is 0.432 bits per heavy atom. The number of carboxylic acid groups (broad SMARTS) is 2. The van der Waals surface area contributed by atoms with E-state index in [-0.39, 0.29) is 11.4 Å². The zero-order valence-corrected chi connectivity index (χ0v) is 27.7. The molecule has 2 amide bonds. The molecule has 0 aliphatic heterocycles. The largest absolute Gasteiger partial charge is 0.480 e. The number of aliphatic carboxylic acids is 2. The highest BCUT2D eigenvalue weighted by Gasteiger charge is 2.13. The predicted octanol–water partition coefficient (Wildman–Crippen LogP) is 6.18. The second-order valence-electron chi connectivity index (χ2n) is 11.6. The molecule has 0 fully saturated rings. The summed E-state index contributed by atoms with van der Waals surface area (Å²) in [5.74, 6) is -3.24. The van der Waals surface area contributed by atoms with Gasteiger partial charge in [-0.3, -0.25) is 19.2 Å². The Morgan fingerprint density at radius 3 is 0.977 bits per heavy atom. The molecule has 44 heavy (non-hydrogen) atoms. The minimum absolute atomic E-state index is 0.0308. The fourth-order valence-corrected chi connectivity index (χ4v) is 4.80. The summed E-state index contributed by atoms with van der Waals surface area (Å²) in [5, 5.41) is 29.2. The highest BCUT2D eigenvalue weighted by atomic mass is 16.4. The van der Waals surface area contributed by atoms with Gasteiger partial charge in [0.2, 0.25) is 11.8 Å². The molecule has 10 heteroatoms. The maximum atomic E-state index is 12.6. The first kappa shape index (κ1) is 41.0. The summed E-state index contributed by atoms with van der Waals surface area (Å²) < 4.78 is 0. The summed E-state index contributed by atoms with van der Waals surface area (Å²) in [7, 11) is 0. The van der Waals surface area contributed by atoms with Crippen molar-refractivity contribution in [2.24, 2.45) is 0 Å². The molecule has 0 aliphatic rings. The molecule has 0 aliphatic carbocycles. The number of rotatable bonds is 31. The molecule has 10 nitrogen and oxygen atoms in total. The van der Waals surface area contributed by atoms with Crippen molar-refractivity contribution >= 4 is 23.8 Å². The zero-order valence-electron chi connectivity index (χ0n) is 27.7. The third kappa shape index (κ3) is 27.8. The van der Waals surface area contributed by atoms with Gasteiger partial charge in [0.15, 0.2) is 0 Å². The quantitative estimate of drug-likeness (QED) is 0.0304. The molecular weight excluding hydrogens is 560 g/mol. The van der Waals surface area contributed by atoms with E-state index >= 15 is 0 Å². The van der Waals surface area contributed by atoms with Crippen molar-refractivity contribution in [3.63, 3.8) is 0 Å². The molecule has 0 spiro atoms. The van der Waals surface area contributed by atoms with Gasteiger partial charge in [0.05, 0.1) is 11.4 Å². The smallest absolute Gasteiger partial charge is 0.322 e. The summed E-state index contributed by atoms with van der Waals surface area (Å²) in [4.78, 5) is 47.7. The number of carboxylic acids is 2. The Bertz CT molecular complexity index is 776. The molecular formula is C34H62N4O6. The number of unbranched alkanes of at least 4 members (excludes halogenated alkanes) is 18. The number of carbonyl (C=O) groups is 4. The molecule has 0 saturated heterocycles. The molecule has 0 aromatic rings. The van der Waals surface area contributed by atoms with Crippen molar-refractivity contribution in [1.82, 2.24) is 21.3 Å². The Hall–Kier alpha value is -3.04. The van der Waals surface area contributed by atoms with Crippen LogP contribution in [-0.2, 0) is 19.2 Å². The Morgan fingerprint density at radius 2 is 0.705 bits per heavy atom. The molecule has 254 valence electrons. The van der Waals surface area contributed by atoms with Gasteiger partial charge in [-0.2, -0.15) is 0 Å². The number of nitrogens with one attached hydrogen (secondary N) is 4. The second-order valence-corrected chi connectivity index (χ2v) is 11.6. The monoisotopic (exact) mass is 622 g/mol. The molecule has 0 rings (SSSR count). The van der Waals surface area contributed by atoms with Crippen molar-refractivity contribution in [3.8, 4) is 0 Å². The Kier molecular flexibility index (Phi) is 27.9. The van der Waals surface area contributed by atoms with E-state index in [1.165, 1.54) is 89.9 Å². The number of carbonyl (C=O) groups excluding carboxylic acids is 2. The van der Waals surface area contributed by atoms with E-state index < -0.39 is 36.8 Å². The number of hydrogen-bond acceptors (Lipinski definition) is 6. The average molecular weight is 623 g/mol. The van der Waals surface area contributed by atoms with Crippen LogP contribution >= 0.6 is 0 Å². The Balaban J connectivity index is 4.80. The van der Waals surface area contributed by atoms with Crippen LogP contribution in [0.1, 0.15) is 142 Å². The van der Waals surface area contributed by atoms with Crippen LogP contribution in [0.25, 0.3) is 0 Å². The first-order valence-corrected chi connectivity index (χ1v) is 17.2. The van der Waals surface area contributed by atoms with Crippen LogP contribution in [0.2, 0.25) is 0 Å². The van der Waals surface area contributed by atoms with E-state index in [0.717, 1.165) is 50.7 Å². The molecule has 0 heterocycles. The van der Waals surface area contributed by atoms with Crippen molar-refractivity contribution in [1.29, 1.82) is 0 Å². The van der Waals surface area contributed by atoms with E-state index in [1.807, 2.05) is 0 Å². The summed E-state index contributed by atoms with van der Waals surface area (Å²) in [6.07, 6.45) is 26.0. The summed E-state index contributed by atoms with van der Waals surface area (Å²) >= 11 is 0. The topological polar surface area (TPSA) is 157 Å². The lowest BCUT2D eigenvalue weighted by atomic mass is 10.1. The van der Waals surface area contributed by atoms with Crippen LogP contribution in [0, 0.1) is 0 Å². The van der Waals surface area contributed by atoms with Gasteiger partial charge in [0, 0.05) is 25.2 Å². The average Bonchev–Trinajstić information content (AvgIpc) is 2.98. The first-order chi connectivity index (χ1) is 21.3. The van der Waals surface area contributed by atoms with E-state index in [4.69, 9.17) is 10.2 Å². The van der Waals surface area contributed by atoms with E-state index in [1.54, 1.807) is 0 Å². The molecule has 0 unspecified atom stereocenters. The van der Waals surface area contributed by atoms with Crippen molar-refractivity contribution in [3.05, 3.63) is 23.5 Å². The lowest BCUT2D eigenvalue weighted by Gasteiger charge is -2.15. The highest BCUT2D eigenvalue weighted by Crippen LogP contribution is 2.11. The van der Waals surface area contributed by atoms with Crippen LogP contribution in [0.4, 0.5) is 0 Å². The maximum Gasteiger partial charge on any atom is 0.322 e. The summed E-state index contributed by atoms with van der Waals surface area (Å²) in [5.41, 5.74) is 0.0617. The van der Waals surface area contributed by atoms with Crippen LogP contribution in [0.5, 0.6) is 0 Å². The van der Waals surface area contributed by atoms with Crippen molar-refractivity contribution < 1.29 is 29.4 Å². The van der Waals surface area contributed by atoms with Gasteiger partial charge in [0.25, 0.3) is 0 Å². The molecule has 0 atom stereocenters. The van der Waals surface area contributed by atoms with E-state index in [9.17, 15) is 19.2 Å². The zero-order chi connectivity index (χ0) is 32.7. The van der Waals surface area contributed by atoms with Gasteiger partial charge < -0.3 is 31.5 Å². The fourth-order valence-electron chi connectivity index (χ4n) is 4.80. The first-order valence-electron chi connectivity index (χ1n) is 17.2. The van der Waals surface area contributed by atoms with Gasteiger partial charge in [-0.15, -0.1) is 0 Å². The maximum absolute atomic E-state index is 12.6. The van der Waals surface area contributed by atoms with Crippen LogP contribution in [0.3, 0.4) is 0 Å². The van der Waals surface area contributed by atoms with Gasteiger partial charge in [-0.1, -0.05) is 129 Å². The number of hydrogen-bond donors (Lipinski definition) is 6. The van der Waals surface area contributed by atoms with Crippen LogP contribution in [0.15, 0.2) is 23.5 Å². The number of amides is 2. The van der Waals surface area contributed by atoms with Crippen molar-refractivity contribution in [2.75, 3.05) is 26.2 Å². The highest BCUT2D eigenvalue weighted by molar-refractivity contribution is 5.91. The minimum atomic E-state index is -1.16. The van der Waals surface area contributed by atoms with Crippen LogP contribution < -0.4 is 21.3 Å². The second kappa shape index (κ2) is 30.0. The standard InChI is InChI=1S/C34H62N4O6/c1-3-5-7-9-11-13-15-17-19-21-23-35-31(39)25-29(37-27-33(41)42)30(38-28-34(43)44)26-32(40)36-24-22-20-18-16-14-12-10-8-6-4-2/h25-26,37-38H,3-24,27-28H2,1-2H3,(H,35,39)(H,36,40)(H,41,42)(H,43,44). The molecule has 0 aromatic heterocycles. The Labute approximate surface area is 266 Å². The molecule has 0 saturated carbocycles. The molecule has 0 aromatic carbocycles. The van der Waals surface area contributed by atoms with E-state index in [2.05, 4.69) is 35.1 Å². The summed E-state index contributed by atoms with van der Waals surface area (Å²) in [6.45, 7) is 4.35. The molecule has 0 bridgehead atoms.